The number of aromatic nitrogens is 2. The van der Waals surface area contributed by atoms with Gasteiger partial charge in [0, 0.05) is 5.56 Å². The van der Waals surface area contributed by atoms with Crippen molar-refractivity contribution in [3.05, 3.63) is 70.3 Å². The third kappa shape index (κ3) is 2.34. The highest BCUT2D eigenvalue weighted by molar-refractivity contribution is 5.80. The normalized spacial score (nSPS) is 17.8. The first-order valence-electron chi connectivity index (χ1n) is 8.56. The van der Waals surface area contributed by atoms with E-state index in [0.717, 1.165) is 0 Å². The van der Waals surface area contributed by atoms with E-state index in [-0.39, 0.29) is 24.4 Å². The molecular weight excluding hydrogens is 332 g/mol. The molecule has 132 valence electrons. The molecule has 0 saturated carbocycles. The van der Waals surface area contributed by atoms with E-state index >= 15 is 0 Å². The molecule has 0 saturated heterocycles. The van der Waals surface area contributed by atoms with Crippen LogP contribution in [-0.4, -0.2) is 27.2 Å². The van der Waals surface area contributed by atoms with Gasteiger partial charge in [-0.3, -0.25) is 14.2 Å². The number of benzene rings is 2. The Morgan fingerprint density at radius 2 is 1.92 bits per heavy atom. The smallest absolute Gasteiger partial charge is 0.309 e. The topological polar surface area (TPSA) is 81.4 Å². The number of ether oxygens (including phenoxy) is 1. The van der Waals surface area contributed by atoms with Gasteiger partial charge in [-0.1, -0.05) is 37.3 Å². The largest absolute Gasteiger partial charge is 0.466 e. The van der Waals surface area contributed by atoms with E-state index in [2.05, 4.69) is 4.98 Å². The van der Waals surface area contributed by atoms with Crippen molar-refractivity contribution in [2.75, 3.05) is 6.61 Å². The first-order chi connectivity index (χ1) is 12.6. The monoisotopic (exact) mass is 350 g/mol. The zero-order valence-corrected chi connectivity index (χ0v) is 14.3. The SMILES string of the molecule is CCCOC(=O)CC1(O)c2ccccc2-n2c1nc1ccccc1c2=O. The molecule has 3 aromatic rings. The average molecular weight is 350 g/mol. The van der Waals surface area contributed by atoms with Crippen LogP contribution in [0.3, 0.4) is 0 Å². The van der Waals surface area contributed by atoms with Crippen LogP contribution in [0.2, 0.25) is 0 Å². The van der Waals surface area contributed by atoms with Crippen molar-refractivity contribution in [2.24, 2.45) is 0 Å². The number of carbonyl (C=O) groups excluding carboxylic acids is 1. The molecule has 0 spiro atoms. The van der Waals surface area contributed by atoms with Crippen LogP contribution in [0.1, 0.15) is 31.2 Å². The highest BCUT2D eigenvalue weighted by atomic mass is 16.5. The zero-order valence-electron chi connectivity index (χ0n) is 14.3. The second-order valence-electron chi connectivity index (χ2n) is 6.37. The third-order valence-corrected chi connectivity index (χ3v) is 4.60. The standard InChI is InChI=1S/C20H18N2O4/c1-2-11-26-17(23)12-20(25)14-8-4-6-10-16(14)22-18(24)13-7-3-5-9-15(13)21-19(20)22/h3-10,25H,2,11-12H2,1H3. The van der Waals surface area contributed by atoms with Crippen LogP contribution in [0, 0.1) is 0 Å². The highest BCUT2D eigenvalue weighted by Gasteiger charge is 2.46. The number of fused-ring (bicyclic) bond motifs is 4. The molecule has 0 bridgehead atoms. The molecule has 4 rings (SSSR count). The summed E-state index contributed by atoms with van der Waals surface area (Å²) in [7, 11) is 0. The van der Waals surface area contributed by atoms with Crippen molar-refractivity contribution in [2.45, 2.75) is 25.4 Å². The predicted octanol–water partition coefficient (Wildman–Crippen LogP) is 2.28. The molecule has 0 radical (unpaired) electrons. The number of para-hydroxylation sites is 2. The van der Waals surface area contributed by atoms with Gasteiger partial charge in [-0.15, -0.1) is 0 Å². The van der Waals surface area contributed by atoms with Gasteiger partial charge in [0.05, 0.1) is 29.6 Å². The van der Waals surface area contributed by atoms with Crippen molar-refractivity contribution < 1.29 is 14.6 Å². The zero-order chi connectivity index (χ0) is 18.3. The molecule has 1 aliphatic heterocycles. The van der Waals surface area contributed by atoms with E-state index in [0.29, 0.717) is 28.6 Å². The minimum atomic E-state index is -1.70. The van der Waals surface area contributed by atoms with Gasteiger partial charge >= 0.3 is 5.97 Å². The number of esters is 1. The van der Waals surface area contributed by atoms with E-state index in [1.165, 1.54) is 4.57 Å². The van der Waals surface area contributed by atoms with E-state index in [9.17, 15) is 14.7 Å². The van der Waals surface area contributed by atoms with Gasteiger partial charge in [0.1, 0.15) is 0 Å². The van der Waals surface area contributed by atoms with Gasteiger partial charge in [0.25, 0.3) is 5.56 Å². The van der Waals surface area contributed by atoms with Crippen LogP contribution in [0.15, 0.2) is 53.3 Å². The Bertz CT molecular complexity index is 1070. The molecule has 0 amide bonds. The van der Waals surface area contributed by atoms with Crippen LogP contribution in [0.5, 0.6) is 0 Å². The quantitative estimate of drug-likeness (QED) is 0.730. The number of carbonyl (C=O) groups is 1. The number of hydrogen-bond acceptors (Lipinski definition) is 5. The maximum absolute atomic E-state index is 13.0. The molecule has 2 heterocycles. The lowest BCUT2D eigenvalue weighted by Crippen LogP contribution is -2.33. The van der Waals surface area contributed by atoms with Crippen molar-refractivity contribution in [3.63, 3.8) is 0 Å². The summed E-state index contributed by atoms with van der Waals surface area (Å²) in [5, 5.41) is 11.9. The van der Waals surface area contributed by atoms with Gasteiger partial charge in [-0.05, 0) is 24.6 Å². The number of rotatable bonds is 4. The molecule has 6 heteroatoms. The average Bonchev–Trinajstić information content (AvgIpc) is 2.89. The summed E-state index contributed by atoms with van der Waals surface area (Å²) in [4.78, 5) is 29.8. The minimum absolute atomic E-state index is 0.149. The Morgan fingerprint density at radius 3 is 2.73 bits per heavy atom. The summed E-state index contributed by atoms with van der Waals surface area (Å²) in [6.07, 6.45) is 0.397. The molecule has 0 aliphatic carbocycles. The third-order valence-electron chi connectivity index (χ3n) is 4.60. The molecule has 1 unspecified atom stereocenters. The van der Waals surface area contributed by atoms with Crippen LogP contribution in [0.4, 0.5) is 0 Å². The summed E-state index contributed by atoms with van der Waals surface area (Å²) in [5.74, 6) is -0.379. The lowest BCUT2D eigenvalue weighted by atomic mass is 9.91. The molecule has 1 N–H and O–H groups in total. The van der Waals surface area contributed by atoms with Crippen molar-refractivity contribution >= 4 is 16.9 Å². The molecule has 1 aliphatic rings. The van der Waals surface area contributed by atoms with Crippen LogP contribution < -0.4 is 5.56 Å². The lowest BCUT2D eigenvalue weighted by Gasteiger charge is -2.22. The molecule has 1 atom stereocenters. The van der Waals surface area contributed by atoms with Gasteiger partial charge < -0.3 is 9.84 Å². The molecule has 26 heavy (non-hydrogen) atoms. The van der Waals surface area contributed by atoms with Crippen LogP contribution >= 0.6 is 0 Å². The van der Waals surface area contributed by atoms with E-state index in [4.69, 9.17) is 4.74 Å². The fourth-order valence-corrected chi connectivity index (χ4v) is 3.42. The summed E-state index contributed by atoms with van der Waals surface area (Å²) < 4.78 is 6.55. The van der Waals surface area contributed by atoms with Gasteiger partial charge in [0.2, 0.25) is 0 Å². The first kappa shape index (κ1) is 16.5. The summed E-state index contributed by atoms with van der Waals surface area (Å²) in [6.45, 7) is 2.18. The van der Waals surface area contributed by atoms with E-state index in [1.54, 1.807) is 48.5 Å². The van der Waals surface area contributed by atoms with Gasteiger partial charge in [-0.25, -0.2) is 4.98 Å². The van der Waals surface area contributed by atoms with Crippen molar-refractivity contribution in [1.29, 1.82) is 0 Å². The maximum atomic E-state index is 13.0. The Labute approximate surface area is 149 Å². The molecule has 1 aromatic heterocycles. The lowest BCUT2D eigenvalue weighted by molar-refractivity contribution is -0.148. The Balaban J connectivity index is 1.95. The Hall–Kier alpha value is -2.99. The van der Waals surface area contributed by atoms with Gasteiger partial charge in [-0.2, -0.15) is 0 Å². The van der Waals surface area contributed by atoms with Crippen LogP contribution in [-0.2, 0) is 15.1 Å². The number of aliphatic hydroxyl groups is 1. The molecular formula is C20H18N2O4. The maximum Gasteiger partial charge on any atom is 0.309 e. The van der Waals surface area contributed by atoms with E-state index < -0.39 is 11.6 Å². The second kappa shape index (κ2) is 6.07. The molecule has 0 fully saturated rings. The minimum Gasteiger partial charge on any atom is -0.466 e. The van der Waals surface area contributed by atoms with E-state index in [1.807, 2.05) is 6.92 Å². The number of hydrogen-bond donors (Lipinski definition) is 1. The highest BCUT2D eigenvalue weighted by Crippen LogP contribution is 2.42. The summed E-state index contributed by atoms with van der Waals surface area (Å²) >= 11 is 0. The van der Waals surface area contributed by atoms with Crippen molar-refractivity contribution in [1.82, 2.24) is 9.55 Å². The second-order valence-corrected chi connectivity index (χ2v) is 6.37. The molecule has 6 nitrogen and oxygen atoms in total. The van der Waals surface area contributed by atoms with Crippen molar-refractivity contribution in [3.8, 4) is 5.69 Å². The van der Waals surface area contributed by atoms with Gasteiger partial charge in [0.15, 0.2) is 11.4 Å². The Kier molecular flexibility index (Phi) is 3.85. The fraction of sp³-hybridized carbons (Fsp3) is 0.250. The molecule has 2 aromatic carbocycles. The van der Waals surface area contributed by atoms with Crippen LogP contribution in [0.25, 0.3) is 16.6 Å². The summed E-state index contributed by atoms with van der Waals surface area (Å²) in [6, 6.07) is 14.0. The fourth-order valence-electron chi connectivity index (χ4n) is 3.42. The number of nitrogens with zero attached hydrogens (tertiary/aromatic N) is 2. The first-order valence-corrected chi connectivity index (χ1v) is 8.56. The Morgan fingerprint density at radius 1 is 1.19 bits per heavy atom. The predicted molar refractivity (Wildman–Crippen MR) is 96.2 cm³/mol. The summed E-state index contributed by atoms with van der Waals surface area (Å²) in [5.41, 5.74) is -0.470.